The first-order valence-corrected chi connectivity index (χ1v) is 9.24. The van der Waals surface area contributed by atoms with Crippen molar-refractivity contribution in [1.29, 1.82) is 0 Å². The number of aliphatic hydroxyl groups is 1. The Morgan fingerprint density at radius 2 is 1.67 bits per heavy atom. The van der Waals surface area contributed by atoms with Crippen LogP contribution < -0.4 is 5.11 Å². The van der Waals surface area contributed by atoms with Crippen LogP contribution in [0.15, 0.2) is 12.2 Å². The van der Waals surface area contributed by atoms with Gasteiger partial charge in [-0.3, -0.25) is 9.59 Å². The van der Waals surface area contributed by atoms with E-state index >= 15 is 0 Å². The number of allylic oxidation sites excluding steroid dienone is 2. The molecular formula is C19H33NO7. The van der Waals surface area contributed by atoms with E-state index < -0.39 is 30.1 Å². The number of quaternary nitrogens is 1. The van der Waals surface area contributed by atoms with Crippen molar-refractivity contribution in [3.05, 3.63) is 12.2 Å². The lowest BCUT2D eigenvalue weighted by Gasteiger charge is -2.29. The summed E-state index contributed by atoms with van der Waals surface area (Å²) in [7, 11) is 5.58. The van der Waals surface area contributed by atoms with E-state index in [2.05, 4.69) is 0 Å². The smallest absolute Gasteiger partial charge is 0.308 e. The second-order valence-corrected chi connectivity index (χ2v) is 7.71. The number of carbonyl (C=O) groups is 3. The zero-order valence-corrected chi connectivity index (χ0v) is 16.6. The standard InChI is InChI=1S/C19H33NO7/c1-20(2,3)14-16(13-18(24)25)27-19(26)12-15(21)10-8-6-4-5-7-9-11-17(22)23/h4-5,15-16,21H,6-14H2,1-3H3,(H-,22,23,24,25)/b5-4+. The van der Waals surface area contributed by atoms with Gasteiger partial charge in [-0.25, -0.2) is 0 Å². The van der Waals surface area contributed by atoms with E-state index in [-0.39, 0.29) is 19.3 Å². The van der Waals surface area contributed by atoms with Crippen molar-refractivity contribution in [3.8, 4) is 0 Å². The lowest BCUT2D eigenvalue weighted by Crippen LogP contribution is -2.45. The molecule has 0 heterocycles. The summed E-state index contributed by atoms with van der Waals surface area (Å²) in [5, 5.41) is 29.3. The lowest BCUT2D eigenvalue weighted by molar-refractivity contribution is -0.873. The number of carboxylic acid groups (broad SMARTS) is 2. The Kier molecular flexibility index (Phi) is 12.3. The highest BCUT2D eigenvalue weighted by Gasteiger charge is 2.23. The highest BCUT2D eigenvalue weighted by Crippen LogP contribution is 2.10. The Bertz CT molecular complexity index is 497. The van der Waals surface area contributed by atoms with Crippen LogP contribution in [0, 0.1) is 0 Å². The van der Waals surface area contributed by atoms with Gasteiger partial charge in [0.15, 0.2) is 6.10 Å². The molecule has 0 bridgehead atoms. The molecule has 0 aliphatic rings. The molecule has 0 saturated heterocycles. The molecule has 8 heteroatoms. The van der Waals surface area contributed by atoms with E-state index in [4.69, 9.17) is 9.84 Å². The number of carbonyl (C=O) groups excluding carboxylic acids is 2. The van der Waals surface area contributed by atoms with E-state index in [1.807, 2.05) is 33.3 Å². The molecule has 0 radical (unpaired) electrons. The second-order valence-electron chi connectivity index (χ2n) is 7.71. The predicted octanol–water partition coefficient (Wildman–Crippen LogP) is 0.477. The average molecular weight is 387 g/mol. The number of likely N-dealkylation sites (N-methyl/N-ethyl adjacent to an activating group) is 1. The molecule has 0 spiro atoms. The van der Waals surface area contributed by atoms with Crippen LogP contribution in [0.1, 0.15) is 51.4 Å². The number of carboxylic acids is 2. The molecule has 0 aromatic rings. The van der Waals surface area contributed by atoms with Crippen molar-refractivity contribution in [2.24, 2.45) is 0 Å². The largest absolute Gasteiger partial charge is 0.550 e. The van der Waals surface area contributed by atoms with Gasteiger partial charge in [-0.2, -0.15) is 0 Å². The highest BCUT2D eigenvalue weighted by atomic mass is 16.5. The topological polar surface area (TPSA) is 124 Å². The van der Waals surface area contributed by atoms with E-state index in [1.54, 1.807) is 0 Å². The van der Waals surface area contributed by atoms with Gasteiger partial charge >= 0.3 is 11.9 Å². The number of aliphatic hydroxyl groups excluding tert-OH is 1. The van der Waals surface area contributed by atoms with Crippen molar-refractivity contribution in [2.45, 2.75) is 63.6 Å². The van der Waals surface area contributed by atoms with Crippen molar-refractivity contribution in [2.75, 3.05) is 27.7 Å². The molecule has 156 valence electrons. The van der Waals surface area contributed by atoms with E-state index in [0.717, 1.165) is 6.42 Å². The monoisotopic (exact) mass is 387 g/mol. The zero-order valence-electron chi connectivity index (χ0n) is 16.6. The summed E-state index contributed by atoms with van der Waals surface area (Å²) in [6, 6.07) is 0. The number of unbranched alkanes of at least 4 members (excludes halogenated alkanes) is 2. The quantitative estimate of drug-likeness (QED) is 0.181. The molecule has 8 nitrogen and oxygen atoms in total. The Balaban J connectivity index is 4.08. The molecule has 0 fully saturated rings. The molecule has 0 saturated carbocycles. The van der Waals surface area contributed by atoms with Crippen LogP contribution in [0.5, 0.6) is 0 Å². The summed E-state index contributed by atoms with van der Waals surface area (Å²) in [6.45, 7) is 0.336. The van der Waals surface area contributed by atoms with Crippen molar-refractivity contribution >= 4 is 17.9 Å². The number of esters is 1. The lowest BCUT2D eigenvalue weighted by atomic mass is 10.1. The molecule has 0 aliphatic carbocycles. The van der Waals surface area contributed by atoms with E-state index in [9.17, 15) is 24.6 Å². The SMILES string of the molecule is C[N+](C)(C)CC(CC(=O)[O-])OC(=O)CC(O)CCC/C=C/CCCC(=O)O. The third-order valence-corrected chi connectivity index (χ3v) is 3.68. The van der Waals surface area contributed by atoms with Gasteiger partial charge in [0.1, 0.15) is 6.54 Å². The van der Waals surface area contributed by atoms with Gasteiger partial charge in [0.25, 0.3) is 0 Å². The Hall–Kier alpha value is -1.93. The Morgan fingerprint density at radius 3 is 2.19 bits per heavy atom. The molecule has 0 aliphatic heterocycles. The van der Waals surface area contributed by atoms with Crippen LogP contribution in [0.2, 0.25) is 0 Å². The molecule has 2 N–H and O–H groups in total. The molecule has 0 rings (SSSR count). The van der Waals surface area contributed by atoms with Crippen LogP contribution in [-0.2, 0) is 19.1 Å². The van der Waals surface area contributed by atoms with Gasteiger partial charge in [-0.05, 0) is 32.1 Å². The van der Waals surface area contributed by atoms with Crippen LogP contribution in [-0.4, -0.2) is 72.5 Å². The minimum absolute atomic E-state index is 0.151. The Morgan fingerprint density at radius 1 is 1.07 bits per heavy atom. The summed E-state index contributed by atoms with van der Waals surface area (Å²) < 4.78 is 5.64. The molecule has 0 aromatic heterocycles. The summed E-state index contributed by atoms with van der Waals surface area (Å²) in [6.07, 6.45) is 4.96. The Labute approximate surface area is 161 Å². The van der Waals surface area contributed by atoms with Crippen LogP contribution >= 0.6 is 0 Å². The third kappa shape index (κ3) is 17.3. The fourth-order valence-electron chi connectivity index (χ4n) is 2.55. The number of hydrogen-bond donors (Lipinski definition) is 2. The predicted molar refractivity (Wildman–Crippen MR) is 97.5 cm³/mol. The van der Waals surface area contributed by atoms with Gasteiger partial charge in [-0.15, -0.1) is 0 Å². The van der Waals surface area contributed by atoms with Gasteiger partial charge in [0.2, 0.25) is 0 Å². The maximum atomic E-state index is 11.9. The van der Waals surface area contributed by atoms with Crippen molar-refractivity contribution in [3.63, 3.8) is 0 Å². The first-order valence-electron chi connectivity index (χ1n) is 9.24. The number of hydrogen-bond acceptors (Lipinski definition) is 6. The second kappa shape index (κ2) is 13.3. The highest BCUT2D eigenvalue weighted by molar-refractivity contribution is 5.71. The van der Waals surface area contributed by atoms with Crippen molar-refractivity contribution < 1.29 is 38.9 Å². The first-order chi connectivity index (χ1) is 12.5. The molecule has 27 heavy (non-hydrogen) atoms. The molecule has 2 atom stereocenters. The van der Waals surface area contributed by atoms with E-state index in [0.29, 0.717) is 36.7 Å². The van der Waals surface area contributed by atoms with Gasteiger partial charge in [0, 0.05) is 18.8 Å². The first kappa shape index (κ1) is 25.1. The molecule has 0 amide bonds. The zero-order chi connectivity index (χ0) is 20.9. The van der Waals surface area contributed by atoms with Gasteiger partial charge in [0.05, 0.1) is 33.7 Å². The number of aliphatic carboxylic acids is 2. The average Bonchev–Trinajstić information content (AvgIpc) is 2.46. The van der Waals surface area contributed by atoms with Crippen LogP contribution in [0.3, 0.4) is 0 Å². The normalized spacial score (nSPS) is 14.1. The van der Waals surface area contributed by atoms with Crippen LogP contribution in [0.4, 0.5) is 0 Å². The number of nitrogens with zero attached hydrogens (tertiary/aromatic N) is 1. The summed E-state index contributed by atoms with van der Waals surface area (Å²) in [5.41, 5.74) is 0. The molecule has 2 unspecified atom stereocenters. The fraction of sp³-hybridized carbons (Fsp3) is 0.737. The van der Waals surface area contributed by atoms with Gasteiger partial charge < -0.3 is 29.3 Å². The molecular weight excluding hydrogens is 354 g/mol. The minimum Gasteiger partial charge on any atom is -0.550 e. The fourth-order valence-corrected chi connectivity index (χ4v) is 2.55. The number of rotatable bonds is 15. The summed E-state index contributed by atoms with van der Waals surface area (Å²) in [5.74, 6) is -2.70. The molecule has 0 aromatic carbocycles. The maximum Gasteiger partial charge on any atom is 0.308 e. The number of ether oxygens (including phenoxy) is 1. The minimum atomic E-state index is -1.28. The van der Waals surface area contributed by atoms with Crippen LogP contribution in [0.25, 0.3) is 0 Å². The van der Waals surface area contributed by atoms with Crippen molar-refractivity contribution in [1.82, 2.24) is 0 Å². The van der Waals surface area contributed by atoms with E-state index in [1.165, 1.54) is 0 Å². The maximum absolute atomic E-state index is 11.9. The summed E-state index contributed by atoms with van der Waals surface area (Å²) in [4.78, 5) is 33.1. The third-order valence-electron chi connectivity index (χ3n) is 3.68. The van der Waals surface area contributed by atoms with Gasteiger partial charge in [-0.1, -0.05) is 12.2 Å². The summed E-state index contributed by atoms with van der Waals surface area (Å²) >= 11 is 0.